The van der Waals surface area contributed by atoms with Crippen LogP contribution in [0.5, 0.6) is 17.2 Å². The van der Waals surface area contributed by atoms with Gasteiger partial charge in [0.2, 0.25) is 0 Å². The molecule has 1 unspecified atom stereocenters. The number of benzene rings is 2. The highest BCUT2D eigenvalue weighted by atomic mass is 16.5. The lowest BCUT2D eigenvalue weighted by molar-refractivity contribution is 0.230. The molecule has 0 aliphatic rings. The van der Waals surface area contributed by atoms with E-state index in [9.17, 15) is 0 Å². The lowest BCUT2D eigenvalue weighted by Gasteiger charge is -2.15. The van der Waals surface area contributed by atoms with Gasteiger partial charge >= 0.3 is 0 Å². The number of hydrogen-bond acceptors (Lipinski definition) is 4. The minimum Gasteiger partial charge on any atom is -0.494 e. The maximum absolute atomic E-state index is 6.02. The Balaban J connectivity index is 1.99. The van der Waals surface area contributed by atoms with E-state index in [1.807, 2.05) is 69.3 Å². The number of anilines is 1. The molecule has 0 saturated carbocycles. The molecule has 0 saturated heterocycles. The molecule has 0 radical (unpaired) electrons. The van der Waals surface area contributed by atoms with Gasteiger partial charge in [-0.05, 0) is 45.0 Å². The number of nitrogens with two attached hydrogens (primary N) is 1. The van der Waals surface area contributed by atoms with Crippen LogP contribution in [0.15, 0.2) is 53.5 Å². The first-order chi connectivity index (χ1) is 12.6. The van der Waals surface area contributed by atoms with E-state index in [0.717, 1.165) is 17.2 Å². The fourth-order valence-electron chi connectivity index (χ4n) is 2.32. The van der Waals surface area contributed by atoms with Gasteiger partial charge in [-0.15, -0.1) is 0 Å². The van der Waals surface area contributed by atoms with Crippen LogP contribution in [0.2, 0.25) is 0 Å². The summed E-state index contributed by atoms with van der Waals surface area (Å²) in [6, 6.07) is 15.2. The average molecular weight is 357 g/mol. The Hall–Kier alpha value is -2.89. The molecule has 6 nitrogen and oxygen atoms in total. The minimum absolute atomic E-state index is 0.0983. The van der Waals surface area contributed by atoms with Gasteiger partial charge in [-0.3, -0.25) is 0 Å². The van der Waals surface area contributed by atoms with Crippen molar-refractivity contribution in [2.24, 2.45) is 10.7 Å². The van der Waals surface area contributed by atoms with Gasteiger partial charge in [0, 0.05) is 6.07 Å². The molecule has 0 aromatic heterocycles. The number of para-hydroxylation sites is 1. The van der Waals surface area contributed by atoms with Crippen molar-refractivity contribution in [1.29, 1.82) is 0 Å². The number of aliphatic imine (C=N–C) groups is 1. The molecule has 0 amide bonds. The van der Waals surface area contributed by atoms with Crippen LogP contribution in [0.25, 0.3) is 0 Å². The number of guanidine groups is 1. The van der Waals surface area contributed by atoms with Gasteiger partial charge in [-0.25, -0.2) is 4.99 Å². The van der Waals surface area contributed by atoms with Crippen LogP contribution in [0.3, 0.4) is 0 Å². The molecule has 2 rings (SSSR count). The fraction of sp³-hybridized carbons (Fsp3) is 0.350. The third-order valence-corrected chi connectivity index (χ3v) is 3.42. The molecular formula is C20H27N3O3. The monoisotopic (exact) mass is 357 g/mol. The second-order valence-electron chi connectivity index (χ2n) is 5.62. The number of ether oxygens (including phenoxy) is 3. The normalized spacial score (nSPS) is 12.3. The summed E-state index contributed by atoms with van der Waals surface area (Å²) in [5, 5.41) is 3.08. The van der Waals surface area contributed by atoms with Crippen molar-refractivity contribution in [1.82, 2.24) is 0 Å². The van der Waals surface area contributed by atoms with Crippen LogP contribution in [0, 0.1) is 0 Å². The highest BCUT2D eigenvalue weighted by molar-refractivity contribution is 5.94. The van der Waals surface area contributed by atoms with Gasteiger partial charge in [0.05, 0.1) is 25.4 Å². The summed E-state index contributed by atoms with van der Waals surface area (Å²) in [5.74, 6) is 2.54. The molecule has 0 fully saturated rings. The molecule has 2 aromatic carbocycles. The summed E-state index contributed by atoms with van der Waals surface area (Å²) in [7, 11) is 0. The third kappa shape index (κ3) is 6.20. The number of nitrogens with one attached hydrogen (secondary N) is 1. The zero-order valence-corrected chi connectivity index (χ0v) is 15.6. The van der Waals surface area contributed by atoms with Crippen LogP contribution in [-0.2, 0) is 0 Å². The van der Waals surface area contributed by atoms with Gasteiger partial charge in [0.25, 0.3) is 0 Å². The van der Waals surface area contributed by atoms with Crippen LogP contribution in [0.4, 0.5) is 5.69 Å². The smallest absolute Gasteiger partial charge is 0.193 e. The highest BCUT2D eigenvalue weighted by Crippen LogP contribution is 2.29. The van der Waals surface area contributed by atoms with E-state index in [4.69, 9.17) is 19.9 Å². The highest BCUT2D eigenvalue weighted by Gasteiger charge is 2.08. The van der Waals surface area contributed by atoms with E-state index in [1.54, 1.807) is 0 Å². The molecule has 6 heteroatoms. The molecule has 3 N–H and O–H groups in total. The van der Waals surface area contributed by atoms with Crippen LogP contribution in [-0.4, -0.2) is 31.8 Å². The number of rotatable bonds is 9. The van der Waals surface area contributed by atoms with E-state index in [1.165, 1.54) is 0 Å². The van der Waals surface area contributed by atoms with E-state index < -0.39 is 0 Å². The summed E-state index contributed by atoms with van der Waals surface area (Å²) < 4.78 is 16.9. The van der Waals surface area contributed by atoms with E-state index in [-0.39, 0.29) is 6.10 Å². The first kappa shape index (κ1) is 19.4. The Kier molecular flexibility index (Phi) is 7.61. The Morgan fingerprint density at radius 1 is 1.04 bits per heavy atom. The summed E-state index contributed by atoms with van der Waals surface area (Å²) in [4.78, 5) is 4.35. The zero-order chi connectivity index (χ0) is 18.8. The van der Waals surface area contributed by atoms with Crippen molar-refractivity contribution in [3.05, 3.63) is 48.5 Å². The molecule has 1 atom stereocenters. The van der Waals surface area contributed by atoms with Crippen LogP contribution >= 0.6 is 0 Å². The number of nitrogens with zero attached hydrogens (tertiary/aromatic N) is 1. The third-order valence-electron chi connectivity index (χ3n) is 3.42. The van der Waals surface area contributed by atoms with Crippen molar-refractivity contribution in [3.63, 3.8) is 0 Å². The molecular weight excluding hydrogens is 330 g/mol. The standard InChI is InChI=1S/C20H27N3O3/c1-4-24-17-11-12-19(25-5-2)18(13-17)23-20(21)22-14-15(3)26-16-9-7-6-8-10-16/h6-13,15H,4-5,14H2,1-3H3,(H3,21,22,23). The van der Waals surface area contributed by atoms with Crippen LogP contribution in [0.1, 0.15) is 20.8 Å². The molecule has 0 spiro atoms. The lowest BCUT2D eigenvalue weighted by Crippen LogP contribution is -2.26. The van der Waals surface area contributed by atoms with Gasteiger partial charge in [-0.2, -0.15) is 0 Å². The van der Waals surface area contributed by atoms with Crippen LogP contribution < -0.4 is 25.3 Å². The molecule has 0 heterocycles. The van der Waals surface area contributed by atoms with E-state index in [0.29, 0.717) is 31.5 Å². The quantitative estimate of drug-likeness (QED) is 0.529. The Bertz CT molecular complexity index is 705. The first-order valence-corrected chi connectivity index (χ1v) is 8.80. The predicted molar refractivity (Wildman–Crippen MR) is 105 cm³/mol. The average Bonchev–Trinajstić information content (AvgIpc) is 2.63. The largest absolute Gasteiger partial charge is 0.494 e. The van der Waals surface area contributed by atoms with Gasteiger partial charge < -0.3 is 25.3 Å². The molecule has 0 aliphatic heterocycles. The Morgan fingerprint density at radius 2 is 1.77 bits per heavy atom. The van der Waals surface area contributed by atoms with Crippen molar-refractivity contribution >= 4 is 11.6 Å². The molecule has 140 valence electrons. The summed E-state index contributed by atoms with van der Waals surface area (Å²) >= 11 is 0. The topological polar surface area (TPSA) is 78.1 Å². The van der Waals surface area contributed by atoms with Gasteiger partial charge in [0.15, 0.2) is 5.96 Å². The second-order valence-corrected chi connectivity index (χ2v) is 5.62. The van der Waals surface area contributed by atoms with E-state index in [2.05, 4.69) is 10.3 Å². The molecule has 0 bridgehead atoms. The molecule has 0 aliphatic carbocycles. The van der Waals surface area contributed by atoms with Crippen molar-refractivity contribution < 1.29 is 14.2 Å². The van der Waals surface area contributed by atoms with Crippen molar-refractivity contribution in [2.75, 3.05) is 25.1 Å². The minimum atomic E-state index is -0.0983. The SMILES string of the molecule is CCOc1ccc(OCC)c(NC(N)=NCC(C)Oc2ccccc2)c1. The summed E-state index contributed by atoms with van der Waals surface area (Å²) in [6.45, 7) is 7.40. The van der Waals surface area contributed by atoms with Gasteiger partial charge in [-0.1, -0.05) is 18.2 Å². The van der Waals surface area contributed by atoms with Crippen molar-refractivity contribution in [2.45, 2.75) is 26.9 Å². The Labute approximate surface area is 155 Å². The maximum atomic E-state index is 6.02. The molecule has 2 aromatic rings. The van der Waals surface area contributed by atoms with E-state index >= 15 is 0 Å². The van der Waals surface area contributed by atoms with Gasteiger partial charge in [0.1, 0.15) is 23.4 Å². The van der Waals surface area contributed by atoms with Crippen molar-refractivity contribution in [3.8, 4) is 17.2 Å². The summed E-state index contributed by atoms with van der Waals surface area (Å²) in [6.07, 6.45) is -0.0983. The lowest BCUT2D eigenvalue weighted by atomic mass is 10.2. The summed E-state index contributed by atoms with van der Waals surface area (Å²) in [5.41, 5.74) is 6.74. The first-order valence-electron chi connectivity index (χ1n) is 8.80. The fourth-order valence-corrected chi connectivity index (χ4v) is 2.32. The predicted octanol–water partition coefficient (Wildman–Crippen LogP) is 3.68. The Morgan fingerprint density at radius 3 is 2.46 bits per heavy atom. The molecule has 26 heavy (non-hydrogen) atoms. The second kappa shape index (κ2) is 10.2. The number of hydrogen-bond donors (Lipinski definition) is 2. The maximum Gasteiger partial charge on any atom is 0.193 e. The zero-order valence-electron chi connectivity index (χ0n) is 15.6.